The van der Waals surface area contributed by atoms with Crippen molar-refractivity contribution in [2.45, 2.75) is 57.2 Å². The van der Waals surface area contributed by atoms with Crippen molar-refractivity contribution in [3.63, 3.8) is 0 Å². The predicted molar refractivity (Wildman–Crippen MR) is 92.8 cm³/mol. The number of rotatable bonds is 3. The molecule has 0 bridgehead atoms. The van der Waals surface area contributed by atoms with Crippen LogP contribution in [0.15, 0.2) is 40.6 Å². The molecule has 0 saturated heterocycles. The van der Waals surface area contributed by atoms with Crippen molar-refractivity contribution < 1.29 is 13.2 Å². The van der Waals surface area contributed by atoms with Crippen molar-refractivity contribution in [1.29, 1.82) is 0 Å². The van der Waals surface area contributed by atoms with Crippen LogP contribution in [0, 0.1) is 0 Å². The minimum atomic E-state index is -2.79. The molecule has 1 atom stereocenters. The molecule has 5 heteroatoms. The fraction of sp³-hybridized carbons (Fsp3) is 0.529. The Hall–Kier alpha value is -0.683. The predicted octanol–water partition coefficient (Wildman–Crippen LogP) is 6.48. The highest BCUT2D eigenvalue weighted by Gasteiger charge is 2.48. The monoisotopic (exact) mass is 388 g/mol. The van der Waals surface area contributed by atoms with E-state index in [-0.39, 0.29) is 11.5 Å². The summed E-state index contributed by atoms with van der Waals surface area (Å²) in [5, 5.41) is -0.00117. The van der Waals surface area contributed by atoms with Gasteiger partial charge < -0.3 is 4.43 Å². The molecule has 2 rings (SSSR count). The van der Waals surface area contributed by atoms with Gasteiger partial charge in [0.15, 0.2) is 0 Å². The molecule has 0 spiro atoms. The van der Waals surface area contributed by atoms with E-state index in [0.29, 0.717) is 11.3 Å². The van der Waals surface area contributed by atoms with Crippen LogP contribution in [0.5, 0.6) is 0 Å². The summed E-state index contributed by atoms with van der Waals surface area (Å²) < 4.78 is 35.8. The molecule has 0 N–H and O–H groups in total. The van der Waals surface area contributed by atoms with Gasteiger partial charge in [-0.1, -0.05) is 48.8 Å². The topological polar surface area (TPSA) is 9.23 Å². The molecule has 1 aromatic rings. The number of allylic oxidation sites excluding steroid dienone is 2. The summed E-state index contributed by atoms with van der Waals surface area (Å²) >= 11 is 3.33. The third kappa shape index (κ3) is 3.62. The van der Waals surface area contributed by atoms with Crippen LogP contribution < -0.4 is 0 Å². The van der Waals surface area contributed by atoms with Crippen LogP contribution in [0.4, 0.5) is 8.78 Å². The van der Waals surface area contributed by atoms with Crippen LogP contribution in [0.2, 0.25) is 18.1 Å². The van der Waals surface area contributed by atoms with Crippen LogP contribution >= 0.6 is 15.9 Å². The second-order valence-corrected chi connectivity index (χ2v) is 13.1. The molecule has 22 heavy (non-hydrogen) atoms. The zero-order chi connectivity index (χ0) is 16.8. The molecule has 0 fully saturated rings. The summed E-state index contributed by atoms with van der Waals surface area (Å²) in [5.74, 6) is -3.24. The maximum atomic E-state index is 14.4. The number of halogens is 3. The van der Waals surface area contributed by atoms with E-state index >= 15 is 0 Å². The van der Waals surface area contributed by atoms with Crippen molar-refractivity contribution in [1.82, 2.24) is 0 Å². The van der Waals surface area contributed by atoms with Gasteiger partial charge in [-0.2, -0.15) is 0 Å². The summed E-state index contributed by atoms with van der Waals surface area (Å²) in [6.07, 6.45) is 1.31. The maximum Gasteiger partial charge on any atom is 0.265 e. The molecule has 0 radical (unpaired) electrons. The Morgan fingerprint density at radius 3 is 2.23 bits per heavy atom. The molecule has 1 aromatic carbocycles. The Bertz CT molecular complexity index is 573. The Labute approximate surface area is 141 Å². The van der Waals surface area contributed by atoms with E-state index in [1.165, 1.54) is 0 Å². The lowest BCUT2D eigenvalue weighted by Crippen LogP contribution is -2.40. The zero-order valence-electron chi connectivity index (χ0n) is 13.7. The van der Waals surface area contributed by atoms with Gasteiger partial charge in [0, 0.05) is 4.47 Å². The Morgan fingerprint density at radius 2 is 1.73 bits per heavy atom. The Balaban J connectivity index is 2.26. The summed E-state index contributed by atoms with van der Waals surface area (Å²) in [6.45, 7) is 10.5. The molecule has 0 saturated carbocycles. The van der Waals surface area contributed by atoms with Gasteiger partial charge in [0.1, 0.15) is 0 Å². The first-order chi connectivity index (χ1) is 9.92. The van der Waals surface area contributed by atoms with Crippen molar-refractivity contribution in [3.8, 4) is 0 Å². The van der Waals surface area contributed by atoms with Crippen molar-refractivity contribution in [3.05, 3.63) is 46.1 Å². The normalized spacial score (nSPS) is 21.6. The smallest absolute Gasteiger partial charge is 0.265 e. The number of hydrogen-bond acceptors (Lipinski definition) is 1. The first kappa shape index (κ1) is 17.7. The highest BCUT2D eigenvalue weighted by molar-refractivity contribution is 9.10. The van der Waals surface area contributed by atoms with E-state index in [2.05, 4.69) is 49.8 Å². The lowest BCUT2D eigenvalue weighted by molar-refractivity contribution is -0.00784. The third-order valence-electron chi connectivity index (χ3n) is 4.64. The summed E-state index contributed by atoms with van der Waals surface area (Å²) in [5.41, 5.74) is 0.627. The van der Waals surface area contributed by atoms with E-state index in [9.17, 15) is 8.78 Å². The average molecular weight is 389 g/mol. The van der Waals surface area contributed by atoms with Crippen LogP contribution in [-0.4, -0.2) is 14.2 Å². The molecule has 1 nitrogen and oxygen atoms in total. The van der Waals surface area contributed by atoms with Gasteiger partial charge >= 0.3 is 0 Å². The van der Waals surface area contributed by atoms with Gasteiger partial charge in [0.05, 0.1) is 18.1 Å². The molecular weight excluding hydrogens is 366 g/mol. The highest BCUT2D eigenvalue weighted by atomic mass is 79.9. The van der Waals surface area contributed by atoms with Gasteiger partial charge in [-0.15, -0.1) is 0 Å². The number of benzene rings is 1. The van der Waals surface area contributed by atoms with E-state index in [1.807, 2.05) is 0 Å². The molecule has 1 aliphatic rings. The van der Waals surface area contributed by atoms with E-state index in [1.54, 1.807) is 30.3 Å². The van der Waals surface area contributed by atoms with Crippen LogP contribution in [0.3, 0.4) is 0 Å². The first-order valence-corrected chi connectivity index (χ1v) is 11.2. The number of alkyl halides is 2. The Morgan fingerprint density at radius 1 is 1.18 bits per heavy atom. The minimum Gasteiger partial charge on any atom is -0.547 e. The maximum absolute atomic E-state index is 14.4. The molecular formula is C17H23BrF2OSi. The summed E-state index contributed by atoms with van der Waals surface area (Å²) in [6, 6.07) is 7.08. The molecule has 122 valence electrons. The molecule has 0 amide bonds. The zero-order valence-corrected chi connectivity index (χ0v) is 16.3. The standard InChI is InChI=1S/C17H23BrF2OSi/c1-16(2,3)22(4,5)21-14-10-15(17(19,20)11-14)12-6-8-13(18)9-7-12/h6-10,15H,11H2,1-5H3. The van der Waals surface area contributed by atoms with Gasteiger partial charge in [0.25, 0.3) is 5.92 Å². The van der Waals surface area contributed by atoms with Gasteiger partial charge in [-0.25, -0.2) is 8.78 Å². The number of hydrogen-bond donors (Lipinski definition) is 0. The van der Waals surface area contributed by atoms with Gasteiger partial charge in [-0.05, 0) is 41.9 Å². The van der Waals surface area contributed by atoms with Crippen molar-refractivity contribution in [2.75, 3.05) is 0 Å². The van der Waals surface area contributed by atoms with E-state index in [4.69, 9.17) is 4.43 Å². The fourth-order valence-corrected chi connectivity index (χ4v) is 3.64. The lowest BCUT2D eigenvalue weighted by atomic mass is 9.96. The van der Waals surface area contributed by atoms with Crippen LogP contribution in [0.25, 0.3) is 0 Å². The third-order valence-corrected chi connectivity index (χ3v) is 9.55. The van der Waals surface area contributed by atoms with E-state index < -0.39 is 20.2 Å². The second kappa shape index (κ2) is 5.75. The van der Waals surface area contributed by atoms with E-state index in [0.717, 1.165) is 4.47 Å². The fourth-order valence-electron chi connectivity index (χ4n) is 2.27. The van der Waals surface area contributed by atoms with Crippen LogP contribution in [-0.2, 0) is 4.43 Å². The lowest BCUT2D eigenvalue weighted by Gasteiger charge is -2.37. The molecule has 0 heterocycles. The van der Waals surface area contributed by atoms with Crippen LogP contribution in [0.1, 0.15) is 38.7 Å². The highest BCUT2D eigenvalue weighted by Crippen LogP contribution is 2.48. The Kier molecular flexibility index (Phi) is 4.62. The quantitative estimate of drug-likeness (QED) is 0.538. The largest absolute Gasteiger partial charge is 0.547 e. The average Bonchev–Trinajstić information content (AvgIpc) is 2.63. The minimum absolute atomic E-state index is 0.00117. The summed E-state index contributed by atoms with van der Waals surface area (Å²) in [7, 11) is -2.08. The summed E-state index contributed by atoms with van der Waals surface area (Å²) in [4.78, 5) is 0. The molecule has 0 aliphatic heterocycles. The molecule has 1 aliphatic carbocycles. The van der Waals surface area contributed by atoms with Gasteiger partial charge in [-0.3, -0.25) is 0 Å². The van der Waals surface area contributed by atoms with Gasteiger partial charge in [0.2, 0.25) is 8.32 Å². The molecule has 1 unspecified atom stereocenters. The van der Waals surface area contributed by atoms with Crippen molar-refractivity contribution in [2.24, 2.45) is 0 Å². The molecule has 0 aromatic heterocycles. The SMILES string of the molecule is CC(C)(C)[Si](C)(C)OC1=CC(c2ccc(Br)cc2)C(F)(F)C1. The first-order valence-electron chi connectivity index (χ1n) is 7.45. The van der Waals surface area contributed by atoms with Crippen molar-refractivity contribution >= 4 is 24.2 Å². The second-order valence-electron chi connectivity index (χ2n) is 7.46.